The van der Waals surface area contributed by atoms with Crippen molar-refractivity contribution in [2.75, 3.05) is 6.61 Å². The highest BCUT2D eigenvalue weighted by molar-refractivity contribution is 6.42. The summed E-state index contributed by atoms with van der Waals surface area (Å²) < 4.78 is 10.7. The molecule has 8 heteroatoms. The van der Waals surface area contributed by atoms with Gasteiger partial charge in [0, 0.05) is 13.0 Å². The quantitative estimate of drug-likeness (QED) is 0.754. The number of aryl methyl sites for hydroxylation is 1. The molecule has 3 rings (SSSR count). The first-order valence-corrected chi connectivity index (χ1v) is 9.44. The summed E-state index contributed by atoms with van der Waals surface area (Å²) in [4.78, 5) is 16.9. The van der Waals surface area contributed by atoms with E-state index in [1.165, 1.54) is 0 Å². The average Bonchev–Trinajstić information content (AvgIpc) is 2.92. The van der Waals surface area contributed by atoms with E-state index < -0.39 is 5.54 Å². The van der Waals surface area contributed by atoms with Crippen LogP contribution in [0, 0.1) is 6.92 Å². The van der Waals surface area contributed by atoms with E-state index in [4.69, 9.17) is 32.5 Å². The number of hydrogen-bond donors (Lipinski definition) is 1. The largest absolute Gasteiger partial charge is 0.484 e. The van der Waals surface area contributed by atoms with Crippen molar-refractivity contribution in [2.45, 2.75) is 51.0 Å². The van der Waals surface area contributed by atoms with Crippen molar-refractivity contribution in [3.05, 3.63) is 40.0 Å². The number of hydrogen-bond acceptors (Lipinski definition) is 5. The molecule has 0 radical (unpaired) electrons. The summed E-state index contributed by atoms with van der Waals surface area (Å²) in [5, 5.41) is 7.98. The molecule has 1 amide bonds. The number of nitrogens with zero attached hydrogens (tertiary/aromatic N) is 2. The highest BCUT2D eigenvalue weighted by Crippen LogP contribution is 2.34. The molecule has 1 heterocycles. The topological polar surface area (TPSA) is 77.2 Å². The summed E-state index contributed by atoms with van der Waals surface area (Å²) in [6, 6.07) is 4.89. The van der Waals surface area contributed by atoms with Crippen LogP contribution in [0.5, 0.6) is 5.75 Å². The van der Waals surface area contributed by atoms with Crippen molar-refractivity contribution in [1.29, 1.82) is 0 Å². The number of nitrogens with one attached hydrogen (secondary N) is 1. The Labute approximate surface area is 162 Å². The van der Waals surface area contributed by atoms with Crippen LogP contribution in [-0.2, 0) is 10.3 Å². The zero-order chi connectivity index (χ0) is 18.6. The number of benzene rings is 1. The summed E-state index contributed by atoms with van der Waals surface area (Å²) in [5.74, 6) is 1.28. The van der Waals surface area contributed by atoms with Crippen LogP contribution < -0.4 is 10.1 Å². The normalized spacial score (nSPS) is 16.7. The van der Waals surface area contributed by atoms with Crippen LogP contribution in [0.1, 0.15) is 50.2 Å². The number of halogens is 2. The molecule has 2 aromatic rings. The Bertz CT molecular complexity index is 771. The molecule has 0 aliphatic heterocycles. The highest BCUT2D eigenvalue weighted by Gasteiger charge is 2.38. The molecule has 0 saturated heterocycles. The highest BCUT2D eigenvalue weighted by atomic mass is 35.5. The maximum atomic E-state index is 12.6. The molecule has 1 saturated carbocycles. The first kappa shape index (κ1) is 19.0. The first-order chi connectivity index (χ1) is 12.5. The maximum absolute atomic E-state index is 12.6. The summed E-state index contributed by atoms with van der Waals surface area (Å²) in [7, 11) is 0. The minimum atomic E-state index is -0.605. The number of amides is 1. The van der Waals surface area contributed by atoms with Crippen molar-refractivity contribution in [3.8, 4) is 5.75 Å². The second kappa shape index (κ2) is 8.27. The smallest absolute Gasteiger partial charge is 0.258 e. The molecular weight excluding hydrogens is 377 g/mol. The van der Waals surface area contributed by atoms with Crippen molar-refractivity contribution in [2.24, 2.45) is 0 Å². The molecule has 1 N–H and O–H groups in total. The molecule has 0 unspecified atom stereocenters. The number of carbonyl (C=O) groups excluding carboxylic acids is 1. The van der Waals surface area contributed by atoms with Gasteiger partial charge in [0.05, 0.1) is 10.0 Å². The first-order valence-electron chi connectivity index (χ1n) is 8.68. The Balaban J connectivity index is 1.69. The van der Waals surface area contributed by atoms with Crippen LogP contribution >= 0.6 is 23.2 Å². The Morgan fingerprint density at radius 1 is 1.23 bits per heavy atom. The van der Waals surface area contributed by atoms with E-state index in [1.807, 2.05) is 0 Å². The molecule has 26 heavy (non-hydrogen) atoms. The third-order valence-corrected chi connectivity index (χ3v) is 5.29. The lowest BCUT2D eigenvalue weighted by molar-refractivity contribution is -0.125. The predicted molar refractivity (Wildman–Crippen MR) is 98.5 cm³/mol. The molecule has 0 bridgehead atoms. The summed E-state index contributed by atoms with van der Waals surface area (Å²) in [5.41, 5.74) is -0.605. The number of carbonyl (C=O) groups is 1. The van der Waals surface area contributed by atoms with E-state index in [2.05, 4.69) is 15.5 Å². The van der Waals surface area contributed by atoms with Gasteiger partial charge in [0.15, 0.2) is 12.4 Å². The van der Waals surface area contributed by atoms with Gasteiger partial charge in [-0.3, -0.25) is 4.79 Å². The van der Waals surface area contributed by atoms with E-state index in [-0.39, 0.29) is 12.5 Å². The lowest BCUT2D eigenvalue weighted by atomic mass is 9.89. The average molecular weight is 398 g/mol. The number of aromatic nitrogens is 2. The minimum Gasteiger partial charge on any atom is -0.484 e. The Morgan fingerprint density at radius 3 is 2.58 bits per heavy atom. The van der Waals surface area contributed by atoms with Crippen LogP contribution in [0.25, 0.3) is 0 Å². The van der Waals surface area contributed by atoms with Gasteiger partial charge in [-0.1, -0.05) is 54.0 Å². The van der Waals surface area contributed by atoms with Gasteiger partial charge >= 0.3 is 0 Å². The van der Waals surface area contributed by atoms with Crippen molar-refractivity contribution in [3.63, 3.8) is 0 Å². The summed E-state index contributed by atoms with van der Waals surface area (Å²) in [6.07, 6.45) is 5.83. The van der Waals surface area contributed by atoms with Crippen LogP contribution in [0.4, 0.5) is 0 Å². The van der Waals surface area contributed by atoms with Gasteiger partial charge in [0.25, 0.3) is 5.91 Å². The van der Waals surface area contributed by atoms with Crippen LogP contribution in [0.2, 0.25) is 10.0 Å². The fraction of sp³-hybridized carbons (Fsp3) is 0.500. The van der Waals surface area contributed by atoms with Gasteiger partial charge in [0.2, 0.25) is 5.89 Å². The Hall–Kier alpha value is -1.79. The number of rotatable bonds is 5. The molecular formula is C18H21Cl2N3O3. The van der Waals surface area contributed by atoms with Crippen molar-refractivity contribution in [1.82, 2.24) is 15.5 Å². The Morgan fingerprint density at radius 2 is 1.96 bits per heavy atom. The van der Waals surface area contributed by atoms with Crippen molar-refractivity contribution >= 4 is 29.1 Å². The maximum Gasteiger partial charge on any atom is 0.258 e. The fourth-order valence-electron chi connectivity index (χ4n) is 3.25. The monoisotopic (exact) mass is 397 g/mol. The van der Waals surface area contributed by atoms with Crippen LogP contribution in [0.15, 0.2) is 22.7 Å². The minimum absolute atomic E-state index is 0.128. The molecule has 0 atom stereocenters. The van der Waals surface area contributed by atoms with Gasteiger partial charge in [-0.15, -0.1) is 0 Å². The second-order valence-corrected chi connectivity index (χ2v) is 7.36. The Kier molecular flexibility index (Phi) is 6.04. The molecule has 0 spiro atoms. The molecule has 1 aliphatic carbocycles. The lowest BCUT2D eigenvalue weighted by Gasteiger charge is -2.30. The van der Waals surface area contributed by atoms with Gasteiger partial charge in [-0.05, 0) is 25.0 Å². The van der Waals surface area contributed by atoms with E-state index in [0.29, 0.717) is 27.5 Å². The molecule has 1 aromatic heterocycles. The zero-order valence-electron chi connectivity index (χ0n) is 14.6. The number of ether oxygens (including phenoxy) is 1. The van der Waals surface area contributed by atoms with Crippen LogP contribution in [-0.4, -0.2) is 22.7 Å². The van der Waals surface area contributed by atoms with Crippen molar-refractivity contribution < 1.29 is 14.1 Å². The third kappa shape index (κ3) is 4.48. The van der Waals surface area contributed by atoms with Gasteiger partial charge in [0.1, 0.15) is 11.3 Å². The van der Waals surface area contributed by atoms with E-state index in [1.54, 1.807) is 25.1 Å². The van der Waals surface area contributed by atoms with E-state index >= 15 is 0 Å². The predicted octanol–water partition coefficient (Wildman–Crippen LogP) is 4.43. The van der Waals surface area contributed by atoms with Gasteiger partial charge < -0.3 is 14.6 Å². The SMILES string of the molecule is Cc1nc(C2(NC(=O)COc3ccc(Cl)c(Cl)c3)CCCCCC2)no1. The van der Waals surface area contributed by atoms with Gasteiger partial charge in [-0.25, -0.2) is 0 Å². The summed E-state index contributed by atoms with van der Waals surface area (Å²) in [6.45, 7) is 1.62. The summed E-state index contributed by atoms with van der Waals surface area (Å²) >= 11 is 11.9. The lowest BCUT2D eigenvalue weighted by Crippen LogP contribution is -2.48. The zero-order valence-corrected chi connectivity index (χ0v) is 16.1. The molecule has 1 fully saturated rings. The standard InChI is InChI=1S/C18H21Cl2N3O3/c1-12-21-17(23-26-12)18(8-4-2-3-5-9-18)22-16(24)11-25-13-6-7-14(19)15(20)10-13/h6-7,10H,2-5,8-9,11H2,1H3,(H,22,24). The molecule has 6 nitrogen and oxygen atoms in total. The molecule has 1 aliphatic rings. The molecule has 1 aromatic carbocycles. The third-order valence-electron chi connectivity index (χ3n) is 4.55. The van der Waals surface area contributed by atoms with Gasteiger partial charge in [-0.2, -0.15) is 4.98 Å². The molecule has 140 valence electrons. The van der Waals surface area contributed by atoms with E-state index in [9.17, 15) is 4.79 Å². The van der Waals surface area contributed by atoms with Crippen LogP contribution in [0.3, 0.4) is 0 Å². The second-order valence-electron chi connectivity index (χ2n) is 6.55. The van der Waals surface area contributed by atoms with E-state index in [0.717, 1.165) is 38.5 Å². The fourth-order valence-corrected chi connectivity index (χ4v) is 3.54.